The van der Waals surface area contributed by atoms with Crippen LogP contribution in [0.5, 0.6) is 0 Å². The first-order valence-electron chi connectivity index (χ1n) is 11.0. The number of alkyl halides is 5. The Morgan fingerprint density at radius 3 is 2.47 bits per heavy atom. The van der Waals surface area contributed by atoms with Crippen molar-refractivity contribution in [3.63, 3.8) is 0 Å². The van der Waals surface area contributed by atoms with E-state index in [2.05, 4.69) is 29.2 Å². The lowest BCUT2D eigenvalue weighted by molar-refractivity contribution is -0.430. The van der Waals surface area contributed by atoms with Crippen LogP contribution in [-0.2, 0) is 6.18 Å². The number of carbonyl (C=O) groups excluding carboxylic acids is 1. The van der Waals surface area contributed by atoms with E-state index in [0.29, 0.717) is 22.4 Å². The first-order valence-corrected chi connectivity index (χ1v) is 11.0. The second-order valence-electron chi connectivity index (χ2n) is 8.88. The van der Waals surface area contributed by atoms with Crippen molar-refractivity contribution in [3.05, 3.63) is 57.9 Å². The summed E-state index contributed by atoms with van der Waals surface area (Å²) < 4.78 is 68.0. The molecule has 1 aliphatic carbocycles. The number of rotatable bonds is 4. The Hall–Kier alpha value is -3.17. The van der Waals surface area contributed by atoms with Crippen molar-refractivity contribution in [3.8, 4) is 0 Å². The molecule has 1 aromatic heterocycles. The first kappa shape index (κ1) is 24.0. The van der Waals surface area contributed by atoms with Gasteiger partial charge in [0.05, 0.1) is 10.9 Å². The second kappa shape index (κ2) is 9.23. The molecule has 4 rings (SSSR count). The number of nitrogens with zero attached hydrogens (tertiary/aromatic N) is 3. The summed E-state index contributed by atoms with van der Waals surface area (Å²) >= 11 is 0. The zero-order valence-electron chi connectivity index (χ0n) is 18.7. The standard InChI is InChI=1S/C24H23F5N4O/c1-13(2)14-6-8-16(9-7-14)33-12-15-10-20(17(22(25)26)11-19(15)32-33)31-23(34)18-4-3-5-21(30-18)24(27,28)29/h3-5,10-14,22H,6-9H2,1-2H3/p+1. The van der Waals surface area contributed by atoms with Crippen molar-refractivity contribution in [1.29, 1.82) is 0 Å². The molecule has 5 nitrogen and oxygen atoms in total. The van der Waals surface area contributed by atoms with Crippen LogP contribution in [0, 0.1) is 11.8 Å². The van der Waals surface area contributed by atoms with Gasteiger partial charge >= 0.3 is 6.18 Å². The molecule has 1 fully saturated rings. The van der Waals surface area contributed by atoms with Crippen LogP contribution in [0.2, 0.25) is 0 Å². The molecule has 180 valence electrons. The zero-order valence-corrected chi connectivity index (χ0v) is 18.7. The molecule has 1 aliphatic heterocycles. The molecular formula is C24H24F5N4O+. The van der Waals surface area contributed by atoms with E-state index in [9.17, 15) is 26.7 Å². The Bertz CT molecular complexity index is 1260. The number of hydrogen-bond acceptors (Lipinski definition) is 3. The number of amides is 1. The van der Waals surface area contributed by atoms with Gasteiger partial charge in [-0.05, 0) is 48.9 Å². The van der Waals surface area contributed by atoms with E-state index in [-0.39, 0.29) is 5.69 Å². The van der Waals surface area contributed by atoms with Crippen LogP contribution in [0.3, 0.4) is 0 Å². The number of fused-ring (bicyclic) bond motifs is 1. The third-order valence-corrected chi connectivity index (χ3v) is 6.31. The van der Waals surface area contributed by atoms with Gasteiger partial charge in [0.25, 0.3) is 12.3 Å². The number of anilines is 1. The predicted octanol–water partition coefficient (Wildman–Crippen LogP) is 4.88. The van der Waals surface area contributed by atoms with Crippen molar-refractivity contribution in [2.45, 2.75) is 52.1 Å². The minimum Gasteiger partial charge on any atom is -0.320 e. The third kappa shape index (κ3) is 5.00. The van der Waals surface area contributed by atoms with E-state index in [1.165, 1.54) is 12.1 Å². The molecule has 34 heavy (non-hydrogen) atoms. The number of hydrogen-bond donors (Lipinski definition) is 1. The summed E-state index contributed by atoms with van der Waals surface area (Å²) in [6, 6.07) is 5.43. The highest BCUT2D eigenvalue weighted by Gasteiger charge is 2.33. The molecule has 10 heteroatoms. The van der Waals surface area contributed by atoms with E-state index < -0.39 is 35.5 Å². The molecule has 0 bridgehead atoms. The van der Waals surface area contributed by atoms with Crippen molar-refractivity contribution in [2.24, 2.45) is 16.9 Å². The summed E-state index contributed by atoms with van der Waals surface area (Å²) in [6.07, 6.45) is -2.12. The molecule has 1 aromatic carbocycles. The van der Waals surface area contributed by atoms with Gasteiger partial charge in [-0.25, -0.2) is 13.8 Å². The number of nitrogens with one attached hydrogen (secondary N) is 1. The summed E-state index contributed by atoms with van der Waals surface area (Å²) in [5.41, 5.74) is -1.32. The fourth-order valence-corrected chi connectivity index (χ4v) is 4.31. The number of pyridine rings is 1. The normalized spacial score (nSPS) is 18.1. The van der Waals surface area contributed by atoms with Gasteiger partial charge in [0.2, 0.25) is 6.20 Å². The van der Waals surface area contributed by atoms with E-state index in [0.717, 1.165) is 49.6 Å². The monoisotopic (exact) mass is 479 g/mol. The second-order valence-corrected chi connectivity index (χ2v) is 8.88. The quantitative estimate of drug-likeness (QED) is 0.502. The molecule has 0 atom stereocenters. The van der Waals surface area contributed by atoms with Crippen molar-refractivity contribution >= 4 is 23.5 Å². The largest absolute Gasteiger partial charge is 0.433 e. The minimum atomic E-state index is -4.73. The maximum absolute atomic E-state index is 13.8. The maximum atomic E-state index is 13.8. The van der Waals surface area contributed by atoms with E-state index in [1.54, 1.807) is 10.9 Å². The smallest absolute Gasteiger partial charge is 0.320 e. The molecule has 1 amide bonds. The molecule has 0 radical (unpaired) electrons. The molecule has 1 saturated carbocycles. The van der Waals surface area contributed by atoms with Crippen LogP contribution in [0.15, 0.2) is 35.4 Å². The predicted molar refractivity (Wildman–Crippen MR) is 116 cm³/mol. The van der Waals surface area contributed by atoms with E-state index in [4.69, 9.17) is 0 Å². The highest BCUT2D eigenvalue weighted by atomic mass is 19.4. The zero-order chi connectivity index (χ0) is 24.6. The summed E-state index contributed by atoms with van der Waals surface area (Å²) in [7, 11) is 0. The molecule has 2 heterocycles. The van der Waals surface area contributed by atoms with Gasteiger partial charge in [0.1, 0.15) is 16.7 Å². The van der Waals surface area contributed by atoms with Crippen molar-refractivity contribution in [2.75, 3.05) is 5.32 Å². The Morgan fingerprint density at radius 2 is 1.85 bits per heavy atom. The summed E-state index contributed by atoms with van der Waals surface area (Å²) in [6.45, 7) is 4.41. The lowest BCUT2D eigenvalue weighted by Crippen LogP contribution is -2.25. The van der Waals surface area contributed by atoms with E-state index in [1.807, 2.05) is 0 Å². The van der Waals surface area contributed by atoms with Crippen LogP contribution in [-0.4, -0.2) is 21.3 Å². The topological polar surface area (TPSA) is 57.4 Å². The molecular weight excluding hydrogens is 455 g/mol. The number of benzene rings is 1. The molecule has 2 aromatic rings. The summed E-state index contributed by atoms with van der Waals surface area (Å²) in [5.74, 6) is 0.232. The van der Waals surface area contributed by atoms with Crippen LogP contribution >= 0.6 is 0 Å². The van der Waals surface area contributed by atoms with Crippen LogP contribution in [0.1, 0.15) is 67.7 Å². The Labute approximate surface area is 192 Å². The number of halogens is 5. The third-order valence-electron chi connectivity index (χ3n) is 6.31. The lowest BCUT2D eigenvalue weighted by atomic mass is 9.81. The van der Waals surface area contributed by atoms with Crippen LogP contribution in [0.25, 0.3) is 6.20 Å². The van der Waals surface area contributed by atoms with Gasteiger partial charge in [-0.15, -0.1) is 0 Å². The summed E-state index contributed by atoms with van der Waals surface area (Å²) in [4.78, 5) is 15.8. The average molecular weight is 479 g/mol. The van der Waals surface area contributed by atoms with Gasteiger partial charge in [0.15, 0.2) is 5.71 Å². The Kier molecular flexibility index (Phi) is 6.51. The lowest BCUT2D eigenvalue weighted by Gasteiger charge is -2.24. The fraction of sp³-hybridized carbons (Fsp3) is 0.417. The molecule has 0 unspecified atom stereocenters. The molecule has 0 spiro atoms. The van der Waals surface area contributed by atoms with Crippen LogP contribution in [0.4, 0.5) is 27.6 Å². The van der Waals surface area contributed by atoms with E-state index >= 15 is 0 Å². The molecule has 0 saturated heterocycles. The minimum absolute atomic E-state index is 0.195. The van der Waals surface area contributed by atoms with Gasteiger partial charge in [0, 0.05) is 23.5 Å². The molecule has 2 aliphatic rings. The number of carbonyl (C=O) groups is 1. The van der Waals surface area contributed by atoms with Gasteiger partial charge in [-0.1, -0.05) is 24.6 Å². The van der Waals surface area contributed by atoms with Gasteiger partial charge in [-0.2, -0.15) is 13.2 Å². The van der Waals surface area contributed by atoms with Crippen molar-refractivity contribution in [1.82, 2.24) is 4.98 Å². The van der Waals surface area contributed by atoms with Gasteiger partial charge < -0.3 is 5.32 Å². The molecule has 1 N–H and O–H groups in total. The highest BCUT2D eigenvalue weighted by molar-refractivity contribution is 6.03. The highest BCUT2D eigenvalue weighted by Crippen LogP contribution is 2.30. The van der Waals surface area contributed by atoms with Gasteiger partial charge in [-0.3, -0.25) is 4.79 Å². The Morgan fingerprint density at radius 1 is 1.15 bits per heavy atom. The fourth-order valence-electron chi connectivity index (χ4n) is 4.31. The van der Waals surface area contributed by atoms with Crippen molar-refractivity contribution < 1.29 is 31.4 Å². The first-order chi connectivity index (χ1) is 16.0. The van der Waals surface area contributed by atoms with Crippen LogP contribution < -0.4 is 15.9 Å². The number of aromatic nitrogens is 1. The average Bonchev–Trinajstić information content (AvgIpc) is 3.21. The Balaban J connectivity index is 1.64. The summed E-state index contributed by atoms with van der Waals surface area (Å²) in [5, 5.41) is 7.64. The maximum Gasteiger partial charge on any atom is 0.433 e. The SMILES string of the molecule is CC(C)C1CCC(=[N+]2C=c3cc(NC(=O)c4cccc(C(F)(F)F)n4)c(C(F)F)cc3=N2)CC1.